The largest absolute Gasteiger partial charge is 0.491 e. The highest BCUT2D eigenvalue weighted by molar-refractivity contribution is 5.35. The van der Waals surface area contributed by atoms with Crippen molar-refractivity contribution in [3.8, 4) is 17.2 Å². The Morgan fingerprint density at radius 3 is 1.41 bits per heavy atom. The molecular formula is C45H56O9. The molecule has 4 aromatic carbocycles. The summed E-state index contributed by atoms with van der Waals surface area (Å²) < 4.78 is 50.8. The summed E-state index contributed by atoms with van der Waals surface area (Å²) in [5, 5.41) is 0. The molecule has 0 spiro atoms. The standard InChI is InChI=1S/C45H56O9/c1-34(4-3-5-36-6-8-37(9-7-36)28-38-10-16-41(17-11-38)50-30-44-32-52-44)48-26-24-46-22-23-47-25-27-49-35(2)54-43-20-14-40(15-21-43)29-39-12-18-42(19-13-39)51-31-45-33-53-45/h6-21,34-35,44-45H,3-5,22-33H2,1-2H3. The minimum Gasteiger partial charge on any atom is -0.491 e. The van der Waals surface area contributed by atoms with Crippen LogP contribution in [-0.4, -0.2) is 90.7 Å². The van der Waals surface area contributed by atoms with Crippen molar-refractivity contribution in [3.63, 3.8) is 0 Å². The summed E-state index contributed by atoms with van der Waals surface area (Å²) in [5.41, 5.74) is 6.39. The minimum atomic E-state index is -0.378. The van der Waals surface area contributed by atoms with Crippen molar-refractivity contribution in [2.45, 2.75) is 70.6 Å². The van der Waals surface area contributed by atoms with E-state index in [0.717, 1.165) is 62.6 Å². The van der Waals surface area contributed by atoms with E-state index < -0.39 is 0 Å². The van der Waals surface area contributed by atoms with Gasteiger partial charge in [0.25, 0.3) is 0 Å². The van der Waals surface area contributed by atoms with Gasteiger partial charge in [0.2, 0.25) is 0 Å². The molecule has 4 atom stereocenters. The van der Waals surface area contributed by atoms with Crippen LogP contribution in [0.15, 0.2) is 97.1 Å². The lowest BCUT2D eigenvalue weighted by Crippen LogP contribution is -2.20. The van der Waals surface area contributed by atoms with E-state index in [1.54, 1.807) is 0 Å². The van der Waals surface area contributed by atoms with Crippen molar-refractivity contribution in [1.82, 2.24) is 0 Å². The number of rotatable bonds is 27. The molecule has 2 saturated heterocycles. The first-order valence-corrected chi connectivity index (χ1v) is 19.4. The summed E-state index contributed by atoms with van der Waals surface area (Å²) in [6.07, 6.45) is 5.26. The number of aryl methyl sites for hydroxylation is 1. The fourth-order valence-electron chi connectivity index (χ4n) is 5.90. The van der Waals surface area contributed by atoms with E-state index in [2.05, 4.69) is 67.6 Å². The lowest BCUT2D eigenvalue weighted by atomic mass is 10.0. The Morgan fingerprint density at radius 1 is 0.519 bits per heavy atom. The highest BCUT2D eigenvalue weighted by atomic mass is 16.7. The zero-order chi connectivity index (χ0) is 37.2. The quantitative estimate of drug-likeness (QED) is 0.0348. The molecule has 9 heteroatoms. The Hall–Kier alpha value is -3.96. The third-order valence-electron chi connectivity index (χ3n) is 9.25. The van der Waals surface area contributed by atoms with Crippen molar-refractivity contribution in [1.29, 1.82) is 0 Å². The maximum Gasteiger partial charge on any atom is 0.197 e. The number of hydrogen-bond donors (Lipinski definition) is 0. The Balaban J connectivity index is 0.721. The van der Waals surface area contributed by atoms with E-state index in [0.29, 0.717) is 52.9 Å². The normalized spacial score (nSPS) is 17.1. The van der Waals surface area contributed by atoms with Gasteiger partial charge in [0.15, 0.2) is 6.29 Å². The molecule has 6 rings (SSSR count). The average molecular weight is 741 g/mol. The molecule has 54 heavy (non-hydrogen) atoms. The number of epoxide rings is 2. The van der Waals surface area contributed by atoms with Gasteiger partial charge < -0.3 is 42.6 Å². The van der Waals surface area contributed by atoms with Gasteiger partial charge in [0.1, 0.15) is 42.7 Å². The third-order valence-corrected chi connectivity index (χ3v) is 9.25. The molecule has 2 heterocycles. The van der Waals surface area contributed by atoms with Crippen molar-refractivity contribution < 1.29 is 42.6 Å². The molecule has 9 nitrogen and oxygen atoms in total. The lowest BCUT2D eigenvalue weighted by molar-refractivity contribution is -0.0869. The van der Waals surface area contributed by atoms with E-state index in [4.69, 9.17) is 42.6 Å². The van der Waals surface area contributed by atoms with Crippen molar-refractivity contribution in [2.75, 3.05) is 66.1 Å². The molecule has 4 aromatic rings. The van der Waals surface area contributed by atoms with E-state index in [1.165, 1.54) is 27.8 Å². The van der Waals surface area contributed by atoms with Gasteiger partial charge in [-0.2, -0.15) is 0 Å². The summed E-state index contributed by atoms with van der Waals surface area (Å²) in [6, 6.07) is 33.7. The fraction of sp³-hybridized carbons (Fsp3) is 0.467. The van der Waals surface area contributed by atoms with E-state index in [1.807, 2.05) is 43.3 Å². The smallest absolute Gasteiger partial charge is 0.197 e. The Bertz CT molecular complexity index is 1600. The Labute approximate surface area is 320 Å². The van der Waals surface area contributed by atoms with Crippen molar-refractivity contribution in [3.05, 3.63) is 125 Å². The molecule has 0 amide bonds. The molecule has 2 fully saturated rings. The first-order chi connectivity index (χ1) is 26.5. The molecule has 2 aliphatic heterocycles. The fourth-order valence-corrected chi connectivity index (χ4v) is 5.90. The van der Waals surface area contributed by atoms with Crippen LogP contribution >= 0.6 is 0 Å². The molecule has 290 valence electrons. The molecule has 0 saturated carbocycles. The molecular weight excluding hydrogens is 684 g/mol. The zero-order valence-electron chi connectivity index (χ0n) is 31.8. The zero-order valence-corrected chi connectivity index (χ0v) is 31.8. The second-order valence-electron chi connectivity index (χ2n) is 14.0. The maximum absolute atomic E-state index is 5.95. The average Bonchev–Trinajstić information content (AvgIpc) is 4.13. The van der Waals surface area contributed by atoms with Crippen LogP contribution in [0.25, 0.3) is 0 Å². The summed E-state index contributed by atoms with van der Waals surface area (Å²) in [7, 11) is 0. The van der Waals surface area contributed by atoms with Gasteiger partial charge >= 0.3 is 0 Å². The third kappa shape index (κ3) is 15.4. The second-order valence-corrected chi connectivity index (χ2v) is 14.0. The minimum absolute atomic E-state index is 0.198. The molecule has 0 aromatic heterocycles. The maximum atomic E-state index is 5.95. The first kappa shape index (κ1) is 39.7. The monoisotopic (exact) mass is 740 g/mol. The summed E-state index contributed by atoms with van der Waals surface area (Å²) in [5.74, 6) is 2.55. The van der Waals surface area contributed by atoms with E-state index in [9.17, 15) is 0 Å². The predicted molar refractivity (Wildman–Crippen MR) is 208 cm³/mol. The van der Waals surface area contributed by atoms with E-state index in [-0.39, 0.29) is 24.6 Å². The Kier molecular flexibility index (Phi) is 16.0. The summed E-state index contributed by atoms with van der Waals surface area (Å²) in [6.45, 7) is 9.98. The highest BCUT2D eigenvalue weighted by Gasteiger charge is 2.23. The molecule has 0 N–H and O–H groups in total. The molecule has 4 unspecified atom stereocenters. The van der Waals surface area contributed by atoms with Crippen molar-refractivity contribution in [2.24, 2.45) is 0 Å². The number of ether oxygens (including phenoxy) is 9. The Morgan fingerprint density at radius 2 is 0.926 bits per heavy atom. The molecule has 2 aliphatic rings. The van der Waals surface area contributed by atoms with Gasteiger partial charge in [-0.15, -0.1) is 0 Å². The van der Waals surface area contributed by atoms with E-state index >= 15 is 0 Å². The van der Waals surface area contributed by atoms with Gasteiger partial charge in [0.05, 0.1) is 59.0 Å². The molecule has 0 aliphatic carbocycles. The van der Waals surface area contributed by atoms with Crippen LogP contribution in [0, 0.1) is 0 Å². The first-order valence-electron chi connectivity index (χ1n) is 19.4. The van der Waals surface area contributed by atoms with Gasteiger partial charge in [0, 0.05) is 0 Å². The van der Waals surface area contributed by atoms with Gasteiger partial charge in [-0.05, 0) is 110 Å². The second kappa shape index (κ2) is 21.8. The summed E-state index contributed by atoms with van der Waals surface area (Å²) >= 11 is 0. The van der Waals surface area contributed by atoms with Crippen molar-refractivity contribution >= 4 is 0 Å². The van der Waals surface area contributed by atoms with Crippen LogP contribution in [0.1, 0.15) is 54.5 Å². The lowest BCUT2D eigenvalue weighted by Gasteiger charge is -2.16. The van der Waals surface area contributed by atoms with Crippen LogP contribution in [0.2, 0.25) is 0 Å². The van der Waals surface area contributed by atoms with Crippen LogP contribution in [0.5, 0.6) is 17.2 Å². The SMILES string of the molecule is CC(CCCc1ccc(Cc2ccc(OCC3CO3)cc2)cc1)OCCOCCOCCOC(C)Oc1ccc(Cc2ccc(OCC3CO3)cc2)cc1. The van der Waals surface area contributed by atoms with Gasteiger partial charge in [-0.25, -0.2) is 0 Å². The number of benzene rings is 4. The highest BCUT2D eigenvalue weighted by Crippen LogP contribution is 2.21. The van der Waals surface area contributed by atoms with Crippen LogP contribution in [-0.2, 0) is 47.7 Å². The molecule has 0 bridgehead atoms. The van der Waals surface area contributed by atoms with Crippen LogP contribution < -0.4 is 14.2 Å². The predicted octanol–water partition coefficient (Wildman–Crippen LogP) is 7.63. The van der Waals surface area contributed by atoms with Crippen LogP contribution in [0.4, 0.5) is 0 Å². The van der Waals surface area contributed by atoms with Gasteiger partial charge in [-0.3, -0.25) is 0 Å². The summed E-state index contributed by atoms with van der Waals surface area (Å²) in [4.78, 5) is 0. The number of hydrogen-bond acceptors (Lipinski definition) is 9. The van der Waals surface area contributed by atoms with Crippen LogP contribution in [0.3, 0.4) is 0 Å². The molecule has 0 radical (unpaired) electrons. The topological polar surface area (TPSA) is 89.7 Å². The van der Waals surface area contributed by atoms with Gasteiger partial charge in [-0.1, -0.05) is 60.7 Å².